The normalized spacial score (nSPS) is 14.9. The molecule has 0 amide bonds. The van der Waals surface area contributed by atoms with Crippen LogP contribution in [0.15, 0.2) is 47.6 Å². The molecule has 3 rings (SSSR count). The Balaban J connectivity index is 1.82. The lowest BCUT2D eigenvalue weighted by molar-refractivity contribution is 0.150. The van der Waals surface area contributed by atoms with Crippen molar-refractivity contribution in [3.63, 3.8) is 0 Å². The van der Waals surface area contributed by atoms with Crippen LogP contribution in [-0.2, 0) is 16.2 Å². The molecular weight excluding hydrogens is 302 g/mol. The van der Waals surface area contributed by atoms with Crippen LogP contribution in [0.4, 0.5) is 0 Å². The first-order valence-corrected chi connectivity index (χ1v) is 8.18. The predicted molar refractivity (Wildman–Crippen MR) is 94.4 cm³/mol. The van der Waals surface area contributed by atoms with Crippen molar-refractivity contribution >= 4 is 5.71 Å². The Hall–Kier alpha value is -2.33. The molecule has 0 saturated carbocycles. The number of rotatable bonds is 6. The van der Waals surface area contributed by atoms with Crippen LogP contribution in [-0.4, -0.2) is 19.4 Å². The quantitative estimate of drug-likeness (QED) is 0.793. The zero-order chi connectivity index (χ0) is 16.9. The number of methoxy groups -OCH3 is 1. The van der Waals surface area contributed by atoms with Gasteiger partial charge in [-0.3, -0.25) is 0 Å². The Morgan fingerprint density at radius 2 is 2.00 bits per heavy atom. The second-order valence-electron chi connectivity index (χ2n) is 6.04. The maximum Gasteiger partial charge on any atom is 0.124 e. The van der Waals surface area contributed by atoms with Crippen molar-refractivity contribution in [2.45, 2.75) is 33.0 Å². The van der Waals surface area contributed by atoms with Gasteiger partial charge in [-0.25, -0.2) is 0 Å². The van der Waals surface area contributed by atoms with Gasteiger partial charge in [0.05, 0.1) is 5.71 Å². The molecule has 0 fully saturated rings. The summed E-state index contributed by atoms with van der Waals surface area (Å²) in [6.45, 7) is 5.24. The number of hydrogen-bond acceptors (Lipinski definition) is 4. The molecule has 0 bridgehead atoms. The molecular formula is C20H23NO3. The molecule has 126 valence electrons. The molecule has 0 aromatic heterocycles. The molecule has 1 unspecified atom stereocenters. The second-order valence-corrected chi connectivity index (χ2v) is 6.04. The standard InChI is InChI=1S/C20H23NO3/c1-14-8-9-15(2)19(12-14)23-13-16-6-4-5-7-17(16)20(22-3)18-10-11-24-21-18/h4-9,12,20H,10-11,13H2,1-3H3. The van der Waals surface area contributed by atoms with Crippen LogP contribution in [0.5, 0.6) is 5.75 Å². The monoisotopic (exact) mass is 325 g/mol. The molecule has 1 aliphatic rings. The van der Waals surface area contributed by atoms with Gasteiger partial charge in [-0.15, -0.1) is 0 Å². The van der Waals surface area contributed by atoms with E-state index in [1.807, 2.05) is 12.1 Å². The van der Waals surface area contributed by atoms with Gasteiger partial charge < -0.3 is 14.3 Å². The number of oxime groups is 1. The number of ether oxygens (including phenoxy) is 2. The molecule has 4 nitrogen and oxygen atoms in total. The number of benzene rings is 2. The molecule has 0 spiro atoms. The van der Waals surface area contributed by atoms with Crippen molar-refractivity contribution in [3.8, 4) is 5.75 Å². The summed E-state index contributed by atoms with van der Waals surface area (Å²) in [6.07, 6.45) is 0.607. The largest absolute Gasteiger partial charge is 0.489 e. The van der Waals surface area contributed by atoms with Crippen molar-refractivity contribution in [3.05, 3.63) is 64.7 Å². The summed E-state index contributed by atoms with van der Waals surface area (Å²) in [5.41, 5.74) is 5.43. The van der Waals surface area contributed by atoms with E-state index in [9.17, 15) is 0 Å². The van der Waals surface area contributed by atoms with Gasteiger partial charge in [-0.2, -0.15) is 0 Å². The molecule has 24 heavy (non-hydrogen) atoms. The molecule has 4 heteroatoms. The van der Waals surface area contributed by atoms with Crippen molar-refractivity contribution in [1.29, 1.82) is 0 Å². The van der Waals surface area contributed by atoms with Gasteiger partial charge in [-0.1, -0.05) is 41.6 Å². The van der Waals surface area contributed by atoms with Crippen LogP contribution >= 0.6 is 0 Å². The highest BCUT2D eigenvalue weighted by Crippen LogP contribution is 2.28. The van der Waals surface area contributed by atoms with Crippen LogP contribution in [0.25, 0.3) is 0 Å². The van der Waals surface area contributed by atoms with Crippen LogP contribution in [0.1, 0.15) is 34.8 Å². The molecule has 1 heterocycles. The fourth-order valence-electron chi connectivity index (χ4n) is 2.89. The third kappa shape index (κ3) is 3.60. The van der Waals surface area contributed by atoms with E-state index in [4.69, 9.17) is 14.3 Å². The molecule has 2 aromatic carbocycles. The van der Waals surface area contributed by atoms with E-state index in [1.54, 1.807) is 7.11 Å². The lowest BCUT2D eigenvalue weighted by atomic mass is 9.98. The number of aryl methyl sites for hydroxylation is 2. The van der Waals surface area contributed by atoms with Gasteiger partial charge in [-0.05, 0) is 42.2 Å². The summed E-state index contributed by atoms with van der Waals surface area (Å²) in [5.74, 6) is 0.917. The zero-order valence-corrected chi connectivity index (χ0v) is 14.4. The number of hydrogen-bond donors (Lipinski definition) is 0. The summed E-state index contributed by atoms with van der Waals surface area (Å²) in [5, 5.41) is 4.12. The minimum absolute atomic E-state index is 0.189. The van der Waals surface area contributed by atoms with Crippen LogP contribution in [0.2, 0.25) is 0 Å². The Labute approximate surface area is 143 Å². The third-order valence-electron chi connectivity index (χ3n) is 4.23. The van der Waals surface area contributed by atoms with Crippen LogP contribution in [0.3, 0.4) is 0 Å². The van der Waals surface area contributed by atoms with Gasteiger partial charge in [0.2, 0.25) is 0 Å². The van der Waals surface area contributed by atoms with E-state index < -0.39 is 0 Å². The first-order chi connectivity index (χ1) is 11.7. The maximum absolute atomic E-state index is 6.07. The summed E-state index contributed by atoms with van der Waals surface area (Å²) in [7, 11) is 1.70. The average molecular weight is 325 g/mol. The summed E-state index contributed by atoms with van der Waals surface area (Å²) in [6, 6.07) is 14.4. The van der Waals surface area contributed by atoms with Crippen molar-refractivity contribution in [2.24, 2.45) is 5.16 Å². The molecule has 1 atom stereocenters. The van der Waals surface area contributed by atoms with Crippen LogP contribution in [0, 0.1) is 13.8 Å². The smallest absolute Gasteiger partial charge is 0.124 e. The zero-order valence-electron chi connectivity index (χ0n) is 14.4. The van der Waals surface area contributed by atoms with Gasteiger partial charge in [0, 0.05) is 13.5 Å². The fourth-order valence-corrected chi connectivity index (χ4v) is 2.89. The van der Waals surface area contributed by atoms with E-state index in [-0.39, 0.29) is 6.10 Å². The molecule has 0 aliphatic carbocycles. The minimum Gasteiger partial charge on any atom is -0.489 e. The van der Waals surface area contributed by atoms with E-state index in [0.29, 0.717) is 13.2 Å². The lowest BCUT2D eigenvalue weighted by Crippen LogP contribution is -2.16. The highest BCUT2D eigenvalue weighted by molar-refractivity contribution is 5.90. The fraction of sp³-hybridized carbons (Fsp3) is 0.350. The SMILES string of the molecule is COC(C1=NOCC1)c1ccccc1COc1cc(C)ccc1C. The van der Waals surface area contributed by atoms with E-state index in [2.05, 4.69) is 49.3 Å². The molecule has 0 saturated heterocycles. The van der Waals surface area contributed by atoms with Gasteiger partial charge in [0.25, 0.3) is 0 Å². The third-order valence-corrected chi connectivity index (χ3v) is 4.23. The number of nitrogens with zero attached hydrogens (tertiary/aromatic N) is 1. The van der Waals surface area contributed by atoms with Crippen LogP contribution < -0.4 is 4.74 Å². The van der Waals surface area contributed by atoms with Gasteiger partial charge >= 0.3 is 0 Å². The first kappa shape index (κ1) is 16.5. The van der Waals surface area contributed by atoms with E-state index in [1.165, 1.54) is 5.56 Å². The van der Waals surface area contributed by atoms with E-state index >= 15 is 0 Å². The molecule has 0 radical (unpaired) electrons. The Morgan fingerprint density at radius 3 is 2.75 bits per heavy atom. The summed E-state index contributed by atoms with van der Waals surface area (Å²) in [4.78, 5) is 5.14. The van der Waals surface area contributed by atoms with Gasteiger partial charge in [0.15, 0.2) is 0 Å². The Morgan fingerprint density at radius 1 is 1.17 bits per heavy atom. The summed E-state index contributed by atoms with van der Waals surface area (Å²) >= 11 is 0. The molecule has 2 aromatic rings. The van der Waals surface area contributed by atoms with Gasteiger partial charge in [0.1, 0.15) is 25.1 Å². The predicted octanol–water partition coefficient (Wildman–Crippen LogP) is 4.35. The van der Waals surface area contributed by atoms with E-state index in [0.717, 1.165) is 34.6 Å². The lowest BCUT2D eigenvalue weighted by Gasteiger charge is -2.19. The molecule has 0 N–H and O–H groups in total. The van der Waals surface area contributed by atoms with Crippen molar-refractivity contribution in [2.75, 3.05) is 13.7 Å². The summed E-state index contributed by atoms with van der Waals surface area (Å²) < 4.78 is 11.8. The molecule has 1 aliphatic heterocycles. The average Bonchev–Trinajstić information content (AvgIpc) is 3.12. The maximum atomic E-state index is 6.07. The Kier molecular flexibility index (Phi) is 5.16. The first-order valence-electron chi connectivity index (χ1n) is 8.18. The topological polar surface area (TPSA) is 40.0 Å². The minimum atomic E-state index is -0.189. The second kappa shape index (κ2) is 7.49. The highest BCUT2D eigenvalue weighted by Gasteiger charge is 2.24. The highest BCUT2D eigenvalue weighted by atomic mass is 16.6. The van der Waals surface area contributed by atoms with Crippen molar-refractivity contribution < 1.29 is 14.3 Å². The Bertz CT molecular complexity index is 739. The van der Waals surface area contributed by atoms with Crippen molar-refractivity contribution in [1.82, 2.24) is 0 Å².